The molecule has 0 radical (unpaired) electrons. The molecule has 0 saturated carbocycles. The van der Waals surface area contributed by atoms with Crippen molar-refractivity contribution in [2.45, 2.75) is 26.5 Å². The fourth-order valence-corrected chi connectivity index (χ4v) is 2.75. The highest BCUT2D eigenvalue weighted by atomic mass is 32.1. The molecule has 3 rings (SSSR count). The van der Waals surface area contributed by atoms with E-state index in [0.717, 1.165) is 15.2 Å². The number of benzene rings is 1. The molecule has 1 amide bonds. The second kappa shape index (κ2) is 7.87. The summed E-state index contributed by atoms with van der Waals surface area (Å²) < 4.78 is 5.14. The van der Waals surface area contributed by atoms with Gasteiger partial charge in [0.2, 0.25) is 5.82 Å². The van der Waals surface area contributed by atoms with Gasteiger partial charge in [-0.3, -0.25) is 4.79 Å². The molecule has 2 aromatic heterocycles. The number of rotatable bonds is 6. The van der Waals surface area contributed by atoms with Crippen LogP contribution in [0.2, 0.25) is 0 Å². The first-order chi connectivity index (χ1) is 12.5. The molecule has 0 saturated heterocycles. The number of carbonyl (C=O) groups excluding carboxylic acids is 2. The Morgan fingerprint density at radius 2 is 2.04 bits per heavy atom. The fourth-order valence-electron chi connectivity index (χ4n) is 2.10. The van der Waals surface area contributed by atoms with Crippen LogP contribution < -0.4 is 5.32 Å². The van der Waals surface area contributed by atoms with Gasteiger partial charge < -0.3 is 10.1 Å². The van der Waals surface area contributed by atoms with Gasteiger partial charge in [0.05, 0.1) is 4.88 Å². The Bertz CT molecular complexity index is 890. The number of thiophene rings is 1. The zero-order valence-corrected chi connectivity index (χ0v) is 15.1. The van der Waals surface area contributed by atoms with Gasteiger partial charge in [-0.25, -0.2) is 4.79 Å². The standard InChI is InChI=1S/C17H17N5O3S/c1-11-5-7-13(8-6-11)18-17(24)12(2)25-15(23)10-22-20-16(19-21-22)14-4-3-9-26-14/h3-9,12H,10H2,1-2H3,(H,18,24)/t12-/m1/s1. The van der Waals surface area contributed by atoms with Crippen LogP contribution in [0.15, 0.2) is 41.8 Å². The third-order valence-electron chi connectivity index (χ3n) is 3.46. The molecule has 1 N–H and O–H groups in total. The van der Waals surface area contributed by atoms with Gasteiger partial charge in [-0.1, -0.05) is 23.8 Å². The Hall–Kier alpha value is -3.07. The molecular weight excluding hydrogens is 354 g/mol. The van der Waals surface area contributed by atoms with Crippen molar-refractivity contribution in [3.63, 3.8) is 0 Å². The minimum absolute atomic E-state index is 0.222. The minimum atomic E-state index is -0.941. The summed E-state index contributed by atoms with van der Waals surface area (Å²) in [5.74, 6) is -0.585. The summed E-state index contributed by atoms with van der Waals surface area (Å²) >= 11 is 1.48. The first-order valence-electron chi connectivity index (χ1n) is 7.90. The van der Waals surface area contributed by atoms with Gasteiger partial charge in [0.1, 0.15) is 0 Å². The predicted octanol–water partition coefficient (Wildman–Crippen LogP) is 2.28. The molecule has 1 aromatic carbocycles. The second-order valence-corrected chi connectivity index (χ2v) is 6.56. The Balaban J connectivity index is 1.52. The number of amides is 1. The fraction of sp³-hybridized carbons (Fsp3) is 0.235. The highest BCUT2D eigenvalue weighted by Gasteiger charge is 2.19. The number of esters is 1. The Kier molecular flexibility index (Phi) is 5.37. The van der Waals surface area contributed by atoms with E-state index in [2.05, 4.69) is 20.7 Å². The zero-order chi connectivity index (χ0) is 18.5. The maximum Gasteiger partial charge on any atom is 0.330 e. The molecule has 26 heavy (non-hydrogen) atoms. The Labute approximate surface area is 153 Å². The van der Waals surface area contributed by atoms with E-state index in [1.165, 1.54) is 18.3 Å². The van der Waals surface area contributed by atoms with E-state index in [9.17, 15) is 9.59 Å². The Morgan fingerprint density at radius 1 is 1.27 bits per heavy atom. The van der Waals surface area contributed by atoms with Crippen molar-refractivity contribution in [1.82, 2.24) is 20.2 Å². The van der Waals surface area contributed by atoms with E-state index in [-0.39, 0.29) is 6.54 Å². The number of anilines is 1. The number of aromatic nitrogens is 4. The van der Waals surface area contributed by atoms with Gasteiger partial charge in [0.15, 0.2) is 12.6 Å². The molecule has 0 unspecified atom stereocenters. The topological polar surface area (TPSA) is 99.0 Å². The lowest BCUT2D eigenvalue weighted by molar-refractivity contribution is -0.154. The number of hydrogen-bond acceptors (Lipinski definition) is 7. The van der Waals surface area contributed by atoms with Crippen molar-refractivity contribution in [1.29, 1.82) is 0 Å². The molecule has 9 heteroatoms. The van der Waals surface area contributed by atoms with Crippen LogP contribution >= 0.6 is 11.3 Å². The lowest BCUT2D eigenvalue weighted by Gasteiger charge is -2.13. The Morgan fingerprint density at radius 3 is 2.73 bits per heavy atom. The quantitative estimate of drug-likeness (QED) is 0.668. The maximum absolute atomic E-state index is 12.1. The lowest BCUT2D eigenvalue weighted by atomic mass is 10.2. The molecule has 8 nitrogen and oxygen atoms in total. The maximum atomic E-state index is 12.1. The average Bonchev–Trinajstić information content (AvgIpc) is 3.28. The van der Waals surface area contributed by atoms with Crippen LogP contribution in [0, 0.1) is 6.92 Å². The first-order valence-corrected chi connectivity index (χ1v) is 8.78. The van der Waals surface area contributed by atoms with Crippen LogP contribution in [0.25, 0.3) is 10.7 Å². The van der Waals surface area contributed by atoms with Gasteiger partial charge in [0, 0.05) is 5.69 Å². The van der Waals surface area contributed by atoms with E-state index in [1.807, 2.05) is 36.6 Å². The highest BCUT2D eigenvalue weighted by molar-refractivity contribution is 7.13. The number of aryl methyl sites for hydroxylation is 1. The number of nitrogens with zero attached hydrogens (tertiary/aromatic N) is 4. The van der Waals surface area contributed by atoms with Crippen molar-refractivity contribution in [3.05, 3.63) is 47.3 Å². The van der Waals surface area contributed by atoms with E-state index in [0.29, 0.717) is 11.5 Å². The summed E-state index contributed by atoms with van der Waals surface area (Å²) in [5, 5.41) is 16.4. The number of nitrogens with one attached hydrogen (secondary N) is 1. The smallest absolute Gasteiger partial charge is 0.330 e. The molecular formula is C17H17N5O3S. The van der Waals surface area contributed by atoms with Gasteiger partial charge in [-0.15, -0.1) is 21.5 Å². The summed E-state index contributed by atoms with van der Waals surface area (Å²) in [6, 6.07) is 11.1. The van der Waals surface area contributed by atoms with E-state index < -0.39 is 18.0 Å². The molecule has 0 bridgehead atoms. The number of hydrogen-bond donors (Lipinski definition) is 1. The van der Waals surface area contributed by atoms with Gasteiger partial charge in [0.25, 0.3) is 5.91 Å². The SMILES string of the molecule is Cc1ccc(NC(=O)[C@@H](C)OC(=O)Cn2nnc(-c3cccs3)n2)cc1. The number of tetrazole rings is 1. The normalized spacial score (nSPS) is 11.8. The molecule has 0 aliphatic rings. The predicted molar refractivity (Wildman–Crippen MR) is 96.5 cm³/mol. The summed E-state index contributed by atoms with van der Waals surface area (Å²) in [7, 11) is 0. The third kappa shape index (κ3) is 4.51. The molecule has 134 valence electrons. The number of carbonyl (C=O) groups is 2. The molecule has 0 aliphatic heterocycles. The summed E-state index contributed by atoms with van der Waals surface area (Å²) in [5.41, 5.74) is 1.73. The minimum Gasteiger partial charge on any atom is -0.451 e. The largest absolute Gasteiger partial charge is 0.451 e. The van der Waals surface area contributed by atoms with Gasteiger partial charge in [-0.2, -0.15) is 4.80 Å². The second-order valence-electron chi connectivity index (χ2n) is 5.61. The van der Waals surface area contributed by atoms with Crippen LogP contribution in [0.3, 0.4) is 0 Å². The van der Waals surface area contributed by atoms with Crippen molar-refractivity contribution < 1.29 is 14.3 Å². The molecule has 1 atom stereocenters. The van der Waals surface area contributed by atoms with Crippen LogP contribution in [0.5, 0.6) is 0 Å². The lowest BCUT2D eigenvalue weighted by Crippen LogP contribution is -2.31. The summed E-state index contributed by atoms with van der Waals surface area (Å²) in [4.78, 5) is 26.1. The summed E-state index contributed by atoms with van der Waals surface area (Å²) in [6.45, 7) is 3.24. The highest BCUT2D eigenvalue weighted by Crippen LogP contribution is 2.19. The zero-order valence-electron chi connectivity index (χ0n) is 14.2. The van der Waals surface area contributed by atoms with Crippen molar-refractivity contribution in [3.8, 4) is 10.7 Å². The van der Waals surface area contributed by atoms with Crippen molar-refractivity contribution in [2.24, 2.45) is 0 Å². The van der Waals surface area contributed by atoms with E-state index >= 15 is 0 Å². The molecule has 0 spiro atoms. The van der Waals surface area contributed by atoms with Crippen LogP contribution in [-0.2, 0) is 20.9 Å². The molecule has 0 aliphatic carbocycles. The van der Waals surface area contributed by atoms with Crippen molar-refractivity contribution in [2.75, 3.05) is 5.32 Å². The summed E-state index contributed by atoms with van der Waals surface area (Å²) in [6.07, 6.45) is -0.941. The monoisotopic (exact) mass is 371 g/mol. The van der Waals surface area contributed by atoms with Gasteiger partial charge >= 0.3 is 5.97 Å². The van der Waals surface area contributed by atoms with Gasteiger partial charge in [-0.05, 0) is 42.6 Å². The molecule has 3 aromatic rings. The van der Waals surface area contributed by atoms with E-state index in [4.69, 9.17) is 4.74 Å². The molecule has 2 heterocycles. The third-order valence-corrected chi connectivity index (χ3v) is 4.33. The molecule has 0 fully saturated rings. The first kappa shape index (κ1) is 17.7. The average molecular weight is 371 g/mol. The van der Waals surface area contributed by atoms with E-state index in [1.54, 1.807) is 12.1 Å². The van der Waals surface area contributed by atoms with Crippen molar-refractivity contribution >= 4 is 28.9 Å². The number of ether oxygens (including phenoxy) is 1. The van der Waals surface area contributed by atoms with Crippen LogP contribution in [0.4, 0.5) is 5.69 Å². The van der Waals surface area contributed by atoms with Crippen LogP contribution in [0.1, 0.15) is 12.5 Å². The van der Waals surface area contributed by atoms with Crippen LogP contribution in [-0.4, -0.2) is 38.2 Å².